The molecule has 0 spiro atoms. The first kappa shape index (κ1) is 21.2. The molecular weight excluding hydrogens is 386 g/mol. The van der Waals surface area contributed by atoms with Crippen LogP contribution in [0.25, 0.3) is 27.7 Å². The number of benzene rings is 2. The fourth-order valence-electron chi connectivity index (χ4n) is 4.59. The Kier molecular flexibility index (Phi) is 6.17. The highest BCUT2D eigenvalue weighted by Crippen LogP contribution is 2.40. The predicted octanol–water partition coefficient (Wildman–Crippen LogP) is 6.58. The van der Waals surface area contributed by atoms with E-state index < -0.39 is 0 Å². The van der Waals surface area contributed by atoms with Gasteiger partial charge in [0.05, 0.1) is 13.4 Å². The number of hydrogen-bond acceptors (Lipinski definition) is 3. The summed E-state index contributed by atoms with van der Waals surface area (Å²) in [5.74, 6) is 0.715. The normalized spacial score (nSPS) is 15.3. The number of amides is 1. The molecule has 3 aromatic rings. The van der Waals surface area contributed by atoms with E-state index in [0.29, 0.717) is 6.04 Å². The topological polar surface area (TPSA) is 51.5 Å². The molecule has 31 heavy (non-hydrogen) atoms. The van der Waals surface area contributed by atoms with Gasteiger partial charge in [0.15, 0.2) is 0 Å². The number of methoxy groups -OCH3 is 1. The van der Waals surface area contributed by atoms with Gasteiger partial charge in [0.25, 0.3) is 0 Å². The summed E-state index contributed by atoms with van der Waals surface area (Å²) >= 11 is 0. The number of carbonyl (C=O) groups is 1. The van der Waals surface area contributed by atoms with E-state index in [1.54, 1.807) is 19.4 Å². The Morgan fingerprint density at radius 1 is 1.13 bits per heavy atom. The van der Waals surface area contributed by atoms with Crippen molar-refractivity contribution < 1.29 is 13.9 Å². The van der Waals surface area contributed by atoms with Gasteiger partial charge in [0, 0.05) is 34.2 Å². The average molecular weight is 418 g/mol. The molecule has 4 nitrogen and oxygen atoms in total. The van der Waals surface area contributed by atoms with E-state index in [0.717, 1.165) is 57.4 Å². The summed E-state index contributed by atoms with van der Waals surface area (Å²) in [7, 11) is 1.66. The molecule has 162 valence electrons. The quantitative estimate of drug-likeness (QED) is 0.477. The zero-order chi connectivity index (χ0) is 22.0. The molecule has 2 aromatic carbocycles. The summed E-state index contributed by atoms with van der Waals surface area (Å²) in [5, 5.41) is 4.20. The van der Waals surface area contributed by atoms with Crippen molar-refractivity contribution in [2.24, 2.45) is 0 Å². The standard InChI is InChI=1S/C27H31NO3/c1-17-10-12-20(13-11-17)24-16-31-27-19(3)26(30-4)22(15-23(24)27)18(2)14-25(29)28-21-8-6-5-7-9-21/h10-16,21H,5-9H2,1-4H3,(H,28,29)/b18-14+. The largest absolute Gasteiger partial charge is 0.496 e. The van der Waals surface area contributed by atoms with Crippen LogP contribution in [-0.4, -0.2) is 19.1 Å². The molecular formula is C27H31NO3. The fourth-order valence-corrected chi connectivity index (χ4v) is 4.59. The first-order valence-corrected chi connectivity index (χ1v) is 11.1. The van der Waals surface area contributed by atoms with Crippen LogP contribution in [0.4, 0.5) is 0 Å². The first-order chi connectivity index (χ1) is 15.0. The Labute approximate surface area is 184 Å². The fraction of sp³-hybridized carbons (Fsp3) is 0.370. The SMILES string of the molecule is COc1c(/C(C)=C/C(=O)NC2CCCCC2)cc2c(-c3ccc(C)cc3)coc2c1C. The zero-order valence-electron chi connectivity index (χ0n) is 18.9. The summed E-state index contributed by atoms with van der Waals surface area (Å²) in [6, 6.07) is 10.8. The van der Waals surface area contributed by atoms with Crippen molar-refractivity contribution in [2.45, 2.75) is 58.9 Å². The highest BCUT2D eigenvalue weighted by atomic mass is 16.5. The molecule has 1 aliphatic carbocycles. The average Bonchev–Trinajstić information content (AvgIpc) is 3.19. The minimum atomic E-state index is -0.0323. The molecule has 1 amide bonds. The number of fused-ring (bicyclic) bond motifs is 1. The lowest BCUT2D eigenvalue weighted by molar-refractivity contribution is -0.117. The predicted molar refractivity (Wildman–Crippen MR) is 126 cm³/mol. The Balaban J connectivity index is 1.72. The Hall–Kier alpha value is -3.01. The van der Waals surface area contributed by atoms with Gasteiger partial charge in [0.1, 0.15) is 11.3 Å². The molecule has 1 heterocycles. The van der Waals surface area contributed by atoms with Gasteiger partial charge in [-0.2, -0.15) is 0 Å². The van der Waals surface area contributed by atoms with E-state index in [2.05, 4.69) is 42.6 Å². The van der Waals surface area contributed by atoms with Gasteiger partial charge in [-0.25, -0.2) is 0 Å². The van der Waals surface area contributed by atoms with Crippen LogP contribution in [0.2, 0.25) is 0 Å². The Bertz CT molecular complexity index is 1120. The van der Waals surface area contributed by atoms with Crippen molar-refractivity contribution in [2.75, 3.05) is 7.11 Å². The van der Waals surface area contributed by atoms with E-state index >= 15 is 0 Å². The summed E-state index contributed by atoms with van der Waals surface area (Å²) < 4.78 is 11.7. The summed E-state index contributed by atoms with van der Waals surface area (Å²) in [4.78, 5) is 12.7. The second-order valence-electron chi connectivity index (χ2n) is 8.65. The number of rotatable bonds is 5. The van der Waals surface area contributed by atoms with Gasteiger partial charge in [-0.15, -0.1) is 0 Å². The van der Waals surface area contributed by atoms with Gasteiger partial charge in [0.2, 0.25) is 5.91 Å². The van der Waals surface area contributed by atoms with E-state index in [9.17, 15) is 4.79 Å². The minimum absolute atomic E-state index is 0.0323. The number of allylic oxidation sites excluding steroid dienone is 1. The lowest BCUT2D eigenvalue weighted by atomic mass is 9.95. The molecule has 0 atom stereocenters. The van der Waals surface area contributed by atoms with E-state index in [-0.39, 0.29) is 5.91 Å². The molecule has 0 aliphatic heterocycles. The van der Waals surface area contributed by atoms with Crippen LogP contribution in [0.3, 0.4) is 0 Å². The highest BCUT2D eigenvalue weighted by molar-refractivity contribution is 6.01. The van der Waals surface area contributed by atoms with E-state index in [4.69, 9.17) is 9.15 Å². The third kappa shape index (κ3) is 4.39. The monoisotopic (exact) mass is 417 g/mol. The molecule has 0 radical (unpaired) electrons. The zero-order valence-corrected chi connectivity index (χ0v) is 18.9. The van der Waals surface area contributed by atoms with Gasteiger partial charge < -0.3 is 14.5 Å². The van der Waals surface area contributed by atoms with Crippen molar-refractivity contribution in [3.63, 3.8) is 0 Å². The molecule has 0 bridgehead atoms. The lowest BCUT2D eigenvalue weighted by Crippen LogP contribution is -2.35. The minimum Gasteiger partial charge on any atom is -0.496 e. The maximum atomic E-state index is 12.7. The Morgan fingerprint density at radius 2 is 1.84 bits per heavy atom. The third-order valence-electron chi connectivity index (χ3n) is 6.33. The molecule has 1 saturated carbocycles. The van der Waals surface area contributed by atoms with Crippen molar-refractivity contribution in [1.29, 1.82) is 0 Å². The number of aryl methyl sites for hydroxylation is 2. The highest BCUT2D eigenvalue weighted by Gasteiger charge is 2.19. The van der Waals surface area contributed by atoms with Crippen LogP contribution in [0.15, 0.2) is 47.1 Å². The second kappa shape index (κ2) is 9.01. The summed E-state index contributed by atoms with van der Waals surface area (Å²) in [5.41, 5.74) is 6.92. The van der Waals surface area contributed by atoms with E-state index in [1.807, 2.05) is 13.8 Å². The van der Waals surface area contributed by atoms with Crippen molar-refractivity contribution in [3.8, 4) is 16.9 Å². The number of nitrogens with one attached hydrogen (secondary N) is 1. The maximum absolute atomic E-state index is 12.7. The lowest BCUT2D eigenvalue weighted by Gasteiger charge is -2.22. The van der Waals surface area contributed by atoms with Crippen LogP contribution < -0.4 is 10.1 Å². The third-order valence-corrected chi connectivity index (χ3v) is 6.33. The summed E-state index contributed by atoms with van der Waals surface area (Å²) in [6.07, 6.45) is 9.30. The summed E-state index contributed by atoms with van der Waals surface area (Å²) in [6.45, 7) is 6.05. The smallest absolute Gasteiger partial charge is 0.244 e. The van der Waals surface area contributed by atoms with Gasteiger partial charge in [-0.1, -0.05) is 49.1 Å². The second-order valence-corrected chi connectivity index (χ2v) is 8.65. The van der Waals surface area contributed by atoms with E-state index in [1.165, 1.54) is 24.8 Å². The molecule has 1 N–H and O–H groups in total. The number of hydrogen-bond donors (Lipinski definition) is 1. The number of furan rings is 1. The number of carbonyl (C=O) groups excluding carboxylic acids is 1. The molecule has 1 aromatic heterocycles. The van der Waals surface area contributed by atoms with Crippen LogP contribution in [0.5, 0.6) is 5.75 Å². The maximum Gasteiger partial charge on any atom is 0.244 e. The molecule has 0 unspecified atom stereocenters. The molecule has 1 aliphatic rings. The van der Waals surface area contributed by atoms with Gasteiger partial charge >= 0.3 is 0 Å². The molecule has 1 fully saturated rings. The van der Waals surface area contributed by atoms with Gasteiger partial charge in [-0.3, -0.25) is 4.79 Å². The van der Waals surface area contributed by atoms with Crippen LogP contribution in [0.1, 0.15) is 55.7 Å². The van der Waals surface area contributed by atoms with Crippen molar-refractivity contribution in [3.05, 3.63) is 59.4 Å². The van der Waals surface area contributed by atoms with Crippen LogP contribution in [-0.2, 0) is 4.79 Å². The molecule has 4 rings (SSSR count). The number of ether oxygens (including phenoxy) is 1. The van der Waals surface area contributed by atoms with Gasteiger partial charge in [-0.05, 0) is 50.8 Å². The van der Waals surface area contributed by atoms with Crippen LogP contribution in [0, 0.1) is 13.8 Å². The molecule has 4 heteroatoms. The van der Waals surface area contributed by atoms with Crippen LogP contribution >= 0.6 is 0 Å². The van der Waals surface area contributed by atoms with Crippen molar-refractivity contribution >= 4 is 22.4 Å². The van der Waals surface area contributed by atoms with Crippen molar-refractivity contribution in [1.82, 2.24) is 5.32 Å². The molecule has 0 saturated heterocycles. The Morgan fingerprint density at radius 3 is 2.52 bits per heavy atom. The first-order valence-electron chi connectivity index (χ1n) is 11.1.